The number of nitrogens with zero attached hydrogens (tertiary/aromatic N) is 1. The molecule has 3 amide bonds. The summed E-state index contributed by atoms with van der Waals surface area (Å²) in [4.78, 5) is 33.0. The van der Waals surface area contributed by atoms with Crippen molar-refractivity contribution in [3.63, 3.8) is 0 Å². The minimum atomic E-state index is -5.08. The molecule has 0 saturated heterocycles. The van der Waals surface area contributed by atoms with Gasteiger partial charge in [-0.2, -0.15) is 18.2 Å². The van der Waals surface area contributed by atoms with Crippen molar-refractivity contribution in [1.29, 1.82) is 0 Å². The third kappa shape index (κ3) is 6.52. The highest BCUT2D eigenvalue weighted by Crippen LogP contribution is 2.28. The zero-order chi connectivity index (χ0) is 23.8. The number of urea groups is 1. The van der Waals surface area contributed by atoms with Crippen LogP contribution in [0, 0.1) is 0 Å². The summed E-state index contributed by atoms with van der Waals surface area (Å²) in [6.07, 6.45) is -5.08. The van der Waals surface area contributed by atoms with Crippen molar-refractivity contribution in [2.45, 2.75) is 18.5 Å². The Labute approximate surface area is 176 Å². The first kappa shape index (κ1) is 25.6. The summed E-state index contributed by atoms with van der Waals surface area (Å²) in [6.45, 7) is 1.08. The van der Waals surface area contributed by atoms with Crippen molar-refractivity contribution < 1.29 is 37.8 Å². The number of benzene rings is 2. The van der Waals surface area contributed by atoms with Gasteiger partial charge in [-0.1, -0.05) is 54.6 Å². The number of nitrogens with one attached hydrogen (secondary N) is 1. The summed E-state index contributed by atoms with van der Waals surface area (Å²) in [6, 6.07) is 16.3. The van der Waals surface area contributed by atoms with Gasteiger partial charge in [0.25, 0.3) is 5.91 Å². The van der Waals surface area contributed by atoms with E-state index in [2.05, 4.69) is 5.32 Å². The Morgan fingerprint density at radius 3 is 1.84 bits per heavy atom. The highest BCUT2D eigenvalue weighted by Gasteiger charge is 2.39. The molecule has 2 aromatic carbocycles. The van der Waals surface area contributed by atoms with E-state index in [0.717, 1.165) is 11.1 Å². The van der Waals surface area contributed by atoms with Crippen LogP contribution in [0.4, 0.5) is 18.0 Å². The lowest BCUT2D eigenvalue weighted by Crippen LogP contribution is -2.55. The smallest absolute Gasteiger partial charge is 0.475 e. The second-order valence-electron chi connectivity index (χ2n) is 6.47. The summed E-state index contributed by atoms with van der Waals surface area (Å²) >= 11 is 0. The number of carbonyl (C=O) groups excluding carboxylic acids is 2. The second kappa shape index (κ2) is 10.5. The fourth-order valence-electron chi connectivity index (χ4n) is 2.42. The van der Waals surface area contributed by atoms with Crippen LogP contribution in [0.3, 0.4) is 0 Å². The van der Waals surface area contributed by atoms with Crippen molar-refractivity contribution in [3.8, 4) is 11.1 Å². The Hall–Kier alpha value is -3.44. The van der Waals surface area contributed by atoms with Crippen LogP contribution < -0.4 is 11.2 Å². The van der Waals surface area contributed by atoms with Crippen LogP contribution in [0.5, 0.6) is 0 Å². The van der Waals surface area contributed by atoms with Crippen LogP contribution in [0.2, 0.25) is 0 Å². The van der Waals surface area contributed by atoms with E-state index in [4.69, 9.17) is 15.7 Å². The first-order valence-electron chi connectivity index (χ1n) is 8.76. The maximum Gasteiger partial charge on any atom is 0.490 e. The number of aliphatic hydroxyl groups is 1. The monoisotopic (exact) mass is 441 g/mol. The van der Waals surface area contributed by atoms with Crippen LogP contribution in [-0.4, -0.2) is 53.0 Å². The Morgan fingerprint density at radius 2 is 1.45 bits per heavy atom. The molecule has 8 nitrogen and oxygen atoms in total. The topological polar surface area (TPSA) is 133 Å². The number of hydrazine groups is 1. The van der Waals surface area contributed by atoms with Crippen molar-refractivity contribution >= 4 is 17.9 Å². The minimum absolute atomic E-state index is 0.471. The van der Waals surface area contributed by atoms with Gasteiger partial charge in [-0.3, -0.25) is 4.79 Å². The molecule has 1 atom stereocenters. The van der Waals surface area contributed by atoms with Gasteiger partial charge in [-0.15, -0.1) is 0 Å². The van der Waals surface area contributed by atoms with E-state index >= 15 is 0 Å². The van der Waals surface area contributed by atoms with Gasteiger partial charge in [-0.05, 0) is 23.6 Å². The number of hydrogen-bond acceptors (Lipinski definition) is 5. The molecule has 0 aliphatic rings. The molecule has 11 heteroatoms. The van der Waals surface area contributed by atoms with Gasteiger partial charge in [0.15, 0.2) is 0 Å². The molecule has 0 aliphatic carbocycles. The van der Waals surface area contributed by atoms with Crippen molar-refractivity contribution in [3.05, 3.63) is 60.2 Å². The highest BCUT2D eigenvalue weighted by molar-refractivity contribution is 5.99. The van der Waals surface area contributed by atoms with Crippen LogP contribution >= 0.6 is 0 Å². The average molecular weight is 441 g/mol. The zero-order valence-electron chi connectivity index (χ0n) is 16.7. The summed E-state index contributed by atoms with van der Waals surface area (Å²) < 4.78 is 31.7. The number of alkyl halides is 3. The van der Waals surface area contributed by atoms with Gasteiger partial charge in [-0.25, -0.2) is 15.4 Å². The number of rotatable bonds is 4. The molecule has 0 radical (unpaired) electrons. The summed E-state index contributed by atoms with van der Waals surface area (Å²) in [5.74, 6) is 2.11. The van der Waals surface area contributed by atoms with Crippen LogP contribution in [0.15, 0.2) is 54.6 Å². The van der Waals surface area contributed by atoms with E-state index in [1.54, 1.807) is 19.1 Å². The number of carboxylic acids is 1. The zero-order valence-corrected chi connectivity index (χ0v) is 16.7. The number of hydrogen-bond donors (Lipinski definition) is 4. The normalized spacial score (nSPS) is 12.6. The van der Waals surface area contributed by atoms with Crippen molar-refractivity contribution in [2.75, 3.05) is 13.7 Å². The molecule has 0 spiro atoms. The molecule has 1 unspecified atom stereocenters. The molecule has 0 bridgehead atoms. The third-order valence-corrected chi connectivity index (χ3v) is 4.31. The largest absolute Gasteiger partial charge is 0.490 e. The summed E-state index contributed by atoms with van der Waals surface area (Å²) in [5, 5.41) is 19.7. The van der Waals surface area contributed by atoms with Gasteiger partial charge in [0.1, 0.15) is 0 Å². The number of aliphatic carboxylic acids is 1. The van der Waals surface area contributed by atoms with Gasteiger partial charge >= 0.3 is 18.2 Å². The molecular weight excluding hydrogens is 419 g/mol. The third-order valence-electron chi connectivity index (χ3n) is 4.31. The van der Waals surface area contributed by atoms with Gasteiger partial charge in [0, 0.05) is 7.05 Å². The Morgan fingerprint density at radius 1 is 1.00 bits per heavy atom. The predicted octanol–water partition coefficient (Wildman–Crippen LogP) is 2.28. The van der Waals surface area contributed by atoms with E-state index in [9.17, 15) is 27.9 Å². The number of aliphatic hydroxyl groups excluding tert-OH is 1. The lowest BCUT2D eigenvalue weighted by Gasteiger charge is -2.30. The van der Waals surface area contributed by atoms with Crippen LogP contribution in [-0.2, 0) is 15.0 Å². The molecule has 0 heterocycles. The van der Waals surface area contributed by atoms with Gasteiger partial charge in [0.05, 0.1) is 12.0 Å². The number of carbonyl (C=O) groups is 3. The molecule has 5 N–H and O–H groups in total. The van der Waals surface area contributed by atoms with E-state index < -0.39 is 36.1 Å². The molecule has 0 aliphatic heterocycles. The van der Waals surface area contributed by atoms with E-state index in [-0.39, 0.29) is 0 Å². The molecule has 31 heavy (non-hydrogen) atoms. The fraction of sp³-hybridized carbons (Fsp3) is 0.250. The van der Waals surface area contributed by atoms with E-state index in [1.165, 1.54) is 7.05 Å². The van der Waals surface area contributed by atoms with E-state index in [1.807, 2.05) is 42.5 Å². The first-order valence-corrected chi connectivity index (χ1v) is 8.76. The maximum absolute atomic E-state index is 12.5. The van der Waals surface area contributed by atoms with Crippen molar-refractivity contribution in [2.24, 2.45) is 5.84 Å². The quantitative estimate of drug-likeness (QED) is 0.327. The first-order chi connectivity index (χ1) is 14.4. The number of nitrogens with two attached hydrogens (primary N) is 1. The number of carboxylic acid groups (broad SMARTS) is 1. The lowest BCUT2D eigenvalue weighted by atomic mass is 9.81. The van der Waals surface area contributed by atoms with Gasteiger partial charge in [0.2, 0.25) is 0 Å². The number of amides is 3. The molecule has 2 aromatic rings. The van der Waals surface area contributed by atoms with Crippen LogP contribution in [0.1, 0.15) is 12.5 Å². The Kier molecular flexibility index (Phi) is 8.71. The van der Waals surface area contributed by atoms with Gasteiger partial charge < -0.3 is 15.5 Å². The standard InChI is InChI=1S/C18H21N3O3.C2HF3O2/c1-18(12-22,16(23)21(19)17(24)20-2)15-10-8-14(9-11-15)13-6-4-3-5-7-13;3-2(4,5)1(6)7/h3-11,22H,12,19H2,1-2H3,(H,20,24);(H,6,7). The molecule has 0 fully saturated rings. The molecule has 2 rings (SSSR count). The molecule has 168 valence electrons. The average Bonchev–Trinajstić information content (AvgIpc) is 2.77. The Bertz CT molecular complexity index is 905. The number of imide groups is 1. The number of halogens is 3. The fourth-order valence-corrected chi connectivity index (χ4v) is 2.42. The molecule has 0 aromatic heterocycles. The highest BCUT2D eigenvalue weighted by atomic mass is 19.4. The minimum Gasteiger partial charge on any atom is -0.475 e. The maximum atomic E-state index is 12.5. The second-order valence-corrected chi connectivity index (χ2v) is 6.47. The molecule has 0 saturated carbocycles. The predicted molar refractivity (Wildman–Crippen MR) is 105 cm³/mol. The lowest BCUT2D eigenvalue weighted by molar-refractivity contribution is -0.192. The summed E-state index contributed by atoms with van der Waals surface area (Å²) in [5.41, 5.74) is 1.31. The SMILES string of the molecule is CNC(=O)N(N)C(=O)C(C)(CO)c1ccc(-c2ccccc2)cc1.O=C(O)C(F)(F)F. The van der Waals surface area contributed by atoms with Crippen molar-refractivity contribution in [1.82, 2.24) is 10.3 Å². The van der Waals surface area contributed by atoms with Crippen LogP contribution in [0.25, 0.3) is 11.1 Å². The Balaban J connectivity index is 0.000000592. The molecular formula is C20H22F3N3O5. The van der Waals surface area contributed by atoms with E-state index in [0.29, 0.717) is 10.6 Å². The summed E-state index contributed by atoms with van der Waals surface area (Å²) in [7, 11) is 1.38.